The molecule has 416 valence electrons. The Morgan fingerprint density at radius 3 is 0.917 bits per heavy atom. The molecule has 0 amide bonds. The van der Waals surface area contributed by atoms with Crippen LogP contribution in [0.3, 0.4) is 0 Å². The lowest BCUT2D eigenvalue weighted by atomic mass is 10.1. The molecule has 0 aromatic carbocycles. The van der Waals surface area contributed by atoms with E-state index in [1.54, 1.807) is 0 Å². The van der Waals surface area contributed by atoms with Gasteiger partial charge in [-0.25, -0.2) is 0 Å². The molecule has 0 spiro atoms. The summed E-state index contributed by atoms with van der Waals surface area (Å²) in [7, 11) is 0. The second kappa shape index (κ2) is 60.4. The monoisotopic (exact) mass is 1000 g/mol. The molecule has 0 saturated heterocycles. The van der Waals surface area contributed by atoms with Gasteiger partial charge in [0.05, 0.1) is 0 Å². The fourth-order valence-electron chi connectivity index (χ4n) is 8.76. The van der Waals surface area contributed by atoms with E-state index in [9.17, 15) is 14.4 Å². The summed E-state index contributed by atoms with van der Waals surface area (Å²) in [6, 6.07) is 0. The zero-order valence-electron chi connectivity index (χ0n) is 47.7. The van der Waals surface area contributed by atoms with Gasteiger partial charge in [0.15, 0.2) is 6.10 Å². The summed E-state index contributed by atoms with van der Waals surface area (Å²) in [6.07, 6.45) is 77.5. The highest BCUT2D eigenvalue weighted by atomic mass is 16.6. The quantitative estimate of drug-likeness (QED) is 0.0199. The van der Waals surface area contributed by atoms with E-state index in [4.69, 9.17) is 14.2 Å². The van der Waals surface area contributed by atoms with Crippen LogP contribution in [0.1, 0.15) is 310 Å². The minimum atomic E-state index is -0.793. The van der Waals surface area contributed by atoms with Crippen molar-refractivity contribution in [2.45, 2.75) is 316 Å². The Balaban J connectivity index is 4.43. The molecule has 0 aliphatic carbocycles. The Bertz CT molecular complexity index is 1340. The van der Waals surface area contributed by atoms with Crippen LogP contribution in [0, 0.1) is 0 Å². The molecule has 1 unspecified atom stereocenters. The minimum absolute atomic E-state index is 0.0878. The average molecular weight is 1010 g/mol. The second-order valence-electron chi connectivity index (χ2n) is 20.7. The lowest BCUT2D eigenvalue weighted by Crippen LogP contribution is -2.30. The highest BCUT2D eigenvalue weighted by molar-refractivity contribution is 5.71. The van der Waals surface area contributed by atoms with Gasteiger partial charge in [0, 0.05) is 19.3 Å². The van der Waals surface area contributed by atoms with Gasteiger partial charge in [0.1, 0.15) is 13.2 Å². The molecule has 6 nitrogen and oxygen atoms in total. The largest absolute Gasteiger partial charge is 0.462 e. The fourth-order valence-corrected chi connectivity index (χ4v) is 8.76. The summed E-state index contributed by atoms with van der Waals surface area (Å²) in [4.78, 5) is 38.3. The van der Waals surface area contributed by atoms with Gasteiger partial charge in [-0.15, -0.1) is 0 Å². The highest BCUT2D eigenvalue weighted by Gasteiger charge is 2.19. The topological polar surface area (TPSA) is 78.9 Å². The van der Waals surface area contributed by atoms with Crippen molar-refractivity contribution in [3.8, 4) is 0 Å². The molecule has 0 aliphatic heterocycles. The lowest BCUT2D eigenvalue weighted by Gasteiger charge is -2.18. The first-order chi connectivity index (χ1) is 35.5. The van der Waals surface area contributed by atoms with Gasteiger partial charge in [-0.2, -0.15) is 0 Å². The van der Waals surface area contributed by atoms with E-state index in [-0.39, 0.29) is 31.1 Å². The van der Waals surface area contributed by atoms with Crippen LogP contribution in [-0.4, -0.2) is 37.2 Å². The van der Waals surface area contributed by atoms with Crippen molar-refractivity contribution in [2.24, 2.45) is 0 Å². The molecule has 0 aromatic heterocycles. The van der Waals surface area contributed by atoms with Crippen LogP contribution in [0.15, 0.2) is 72.9 Å². The number of carbonyl (C=O) groups is 3. The molecule has 0 saturated carbocycles. The first-order valence-corrected chi connectivity index (χ1v) is 31.0. The minimum Gasteiger partial charge on any atom is -0.462 e. The molecule has 0 heterocycles. The number of hydrogen-bond acceptors (Lipinski definition) is 6. The predicted molar refractivity (Wildman–Crippen MR) is 311 cm³/mol. The van der Waals surface area contributed by atoms with Crippen molar-refractivity contribution >= 4 is 17.9 Å². The van der Waals surface area contributed by atoms with E-state index in [1.807, 2.05) is 0 Å². The SMILES string of the molecule is CCCCC/C=C\C/C=C\CCCCCCCCCC(=O)OCC(COC(=O)CCCCCCCCC/C=C\CCCCCCCCCC)OC(=O)CCCCCCC\C=C/C=C\C=C/CCCCCCC. The smallest absolute Gasteiger partial charge is 0.306 e. The Morgan fingerprint density at radius 1 is 0.292 bits per heavy atom. The molecule has 0 fully saturated rings. The maximum absolute atomic E-state index is 12.9. The summed E-state index contributed by atoms with van der Waals surface area (Å²) in [5.41, 5.74) is 0. The molecular formula is C66H116O6. The summed E-state index contributed by atoms with van der Waals surface area (Å²) in [5, 5.41) is 0. The van der Waals surface area contributed by atoms with Gasteiger partial charge < -0.3 is 14.2 Å². The Hall–Kier alpha value is -3.15. The van der Waals surface area contributed by atoms with E-state index in [0.717, 1.165) is 96.3 Å². The predicted octanol–water partition coefficient (Wildman–Crippen LogP) is 20.9. The molecule has 0 aromatic rings. The van der Waals surface area contributed by atoms with Crippen LogP contribution in [0.25, 0.3) is 0 Å². The fraction of sp³-hybridized carbons (Fsp3) is 0.773. The standard InChI is InChI=1S/C66H116O6/c1-4-7-10-13-16-19-22-25-28-31-33-36-38-41-44-47-50-53-56-59-65(68)71-62-63(61-70-64(67)58-55-52-49-46-43-40-37-34-30-27-24-21-18-15-12-9-6-3)72-66(69)60-57-54-51-48-45-42-39-35-32-29-26-23-20-17-14-11-8-5-2/h18,21,23,26-27,29-33,35,39,63H,4-17,19-20,22,24-25,28,34,36-38,40-62H2,1-3H3/b21-18-,26-23-,30-27-,32-29-,33-31-,39-35-. The van der Waals surface area contributed by atoms with E-state index in [2.05, 4.69) is 93.7 Å². The first-order valence-electron chi connectivity index (χ1n) is 31.0. The van der Waals surface area contributed by atoms with Gasteiger partial charge in [-0.3, -0.25) is 14.4 Å². The third-order valence-electron chi connectivity index (χ3n) is 13.5. The van der Waals surface area contributed by atoms with Gasteiger partial charge >= 0.3 is 17.9 Å². The van der Waals surface area contributed by atoms with Crippen molar-refractivity contribution in [3.63, 3.8) is 0 Å². The van der Waals surface area contributed by atoms with Crippen molar-refractivity contribution in [1.82, 2.24) is 0 Å². The number of hydrogen-bond donors (Lipinski definition) is 0. The van der Waals surface area contributed by atoms with Gasteiger partial charge in [0.25, 0.3) is 0 Å². The number of allylic oxidation sites excluding steroid dienone is 12. The van der Waals surface area contributed by atoms with Gasteiger partial charge in [0.2, 0.25) is 0 Å². The van der Waals surface area contributed by atoms with Crippen LogP contribution in [0.2, 0.25) is 0 Å². The van der Waals surface area contributed by atoms with Crippen LogP contribution >= 0.6 is 0 Å². The van der Waals surface area contributed by atoms with Crippen LogP contribution < -0.4 is 0 Å². The van der Waals surface area contributed by atoms with Crippen LogP contribution in [-0.2, 0) is 28.6 Å². The third-order valence-corrected chi connectivity index (χ3v) is 13.5. The molecule has 0 rings (SSSR count). The highest BCUT2D eigenvalue weighted by Crippen LogP contribution is 2.15. The number of rotatable bonds is 56. The van der Waals surface area contributed by atoms with Gasteiger partial charge in [-0.05, 0) is 103 Å². The number of carbonyl (C=O) groups excluding carboxylic acids is 3. The van der Waals surface area contributed by atoms with Crippen LogP contribution in [0.4, 0.5) is 0 Å². The van der Waals surface area contributed by atoms with E-state index >= 15 is 0 Å². The molecule has 0 N–H and O–H groups in total. The number of unbranched alkanes of at least 4 members (excludes halogenated alkanes) is 35. The summed E-state index contributed by atoms with van der Waals surface area (Å²) >= 11 is 0. The normalized spacial score (nSPS) is 12.5. The molecule has 1 atom stereocenters. The zero-order chi connectivity index (χ0) is 52.2. The van der Waals surface area contributed by atoms with Gasteiger partial charge in [-0.1, -0.05) is 261 Å². The zero-order valence-corrected chi connectivity index (χ0v) is 47.7. The maximum atomic E-state index is 12.9. The van der Waals surface area contributed by atoms with E-state index in [1.165, 1.54) is 173 Å². The molecule has 6 heteroatoms. The maximum Gasteiger partial charge on any atom is 0.306 e. The third kappa shape index (κ3) is 57.7. The van der Waals surface area contributed by atoms with Crippen molar-refractivity contribution in [3.05, 3.63) is 72.9 Å². The molecule has 0 bridgehead atoms. The van der Waals surface area contributed by atoms with Crippen molar-refractivity contribution in [1.29, 1.82) is 0 Å². The van der Waals surface area contributed by atoms with Crippen molar-refractivity contribution in [2.75, 3.05) is 13.2 Å². The summed E-state index contributed by atoms with van der Waals surface area (Å²) in [5.74, 6) is -0.907. The van der Waals surface area contributed by atoms with Crippen LogP contribution in [0.5, 0.6) is 0 Å². The van der Waals surface area contributed by atoms with Crippen molar-refractivity contribution < 1.29 is 28.6 Å². The molecule has 0 aliphatic rings. The number of ether oxygens (including phenoxy) is 3. The molecule has 72 heavy (non-hydrogen) atoms. The molecule has 0 radical (unpaired) electrons. The lowest BCUT2D eigenvalue weighted by molar-refractivity contribution is -0.167. The Kier molecular flexibility index (Phi) is 57.8. The average Bonchev–Trinajstić information content (AvgIpc) is 3.38. The Morgan fingerprint density at radius 2 is 0.556 bits per heavy atom. The van der Waals surface area contributed by atoms with E-state index in [0.29, 0.717) is 19.3 Å². The summed E-state index contributed by atoms with van der Waals surface area (Å²) in [6.45, 7) is 6.60. The number of esters is 3. The first kappa shape index (κ1) is 68.8. The Labute approximate surface area is 446 Å². The molecular weight excluding hydrogens is 889 g/mol. The van der Waals surface area contributed by atoms with E-state index < -0.39 is 6.10 Å². The second-order valence-corrected chi connectivity index (χ2v) is 20.7. The summed E-state index contributed by atoms with van der Waals surface area (Å²) < 4.78 is 16.9.